The molecule has 0 aromatic carbocycles. The topological polar surface area (TPSA) is 318 Å². The fraction of sp³-hybridized carbons (Fsp3) is 1.00. The molecule has 0 aliphatic carbocycles. The molecular weight excluding hydrogens is 785 g/mol. The van der Waals surface area contributed by atoms with Crippen molar-refractivity contribution in [3.05, 3.63) is 29.4 Å². The Labute approximate surface area is 319 Å². The summed E-state index contributed by atoms with van der Waals surface area (Å²) in [6.45, 7) is 25.4. The van der Waals surface area contributed by atoms with E-state index in [-0.39, 0.29) is 17.1 Å². The molecule has 23 heteroatoms. The third-order valence-corrected chi connectivity index (χ3v) is 10.9. The normalized spacial score (nSPS) is 10.5. The molecule has 0 rings (SSSR count). The van der Waals surface area contributed by atoms with E-state index in [4.69, 9.17) is 60.7 Å². The number of nitrogens with zero attached hydrogens (tertiary/aromatic N) is 6. The quantitative estimate of drug-likeness (QED) is 0.0250. The van der Waals surface area contributed by atoms with Gasteiger partial charge in [0.2, 0.25) is 0 Å². The van der Waals surface area contributed by atoms with E-state index in [1.807, 2.05) is 0 Å². The van der Waals surface area contributed by atoms with Crippen molar-refractivity contribution in [2.45, 2.75) is 123 Å². The standard InChI is InChI=1S/C18H39OP.2C5H14P.Cu.6HNO2/c1-4-7-10-12-15-17(14-9-6-3)18(19,20)16-13-11-8-5-2;2*1-5-6(2,3)4;;6*2-1-3/h17,19H,4-16,20H2,1-3H3;2*5H2,1-4H3;;6*(H,2,3)/q;2*+1;;;;;;;. The molecule has 317 valence electrons. The molecule has 0 aliphatic rings. The Hall–Kier alpha value is -1.83. The maximum absolute atomic E-state index is 10.8. The summed E-state index contributed by atoms with van der Waals surface area (Å²) in [5, 5.41) is 57.6. The van der Waals surface area contributed by atoms with Gasteiger partial charge >= 0.3 is 0 Å². The molecule has 3 atom stereocenters. The van der Waals surface area contributed by atoms with Gasteiger partial charge in [-0.15, -0.1) is 38.7 Å². The minimum atomic E-state index is -0.519. The second-order valence-corrected chi connectivity index (χ2v) is 23.6. The molecule has 1 radical (unpaired) electrons. The summed E-state index contributed by atoms with van der Waals surface area (Å²) >= 11 is 0. The number of aliphatic hydroxyl groups is 1. The average molecular weight is 858 g/mol. The summed E-state index contributed by atoms with van der Waals surface area (Å²) in [6, 6.07) is 0. The maximum atomic E-state index is 10.8. The zero-order valence-electron chi connectivity index (χ0n) is 32.7. The van der Waals surface area contributed by atoms with Crippen LogP contribution in [0.2, 0.25) is 0 Å². The zero-order valence-corrected chi connectivity index (χ0v) is 36.6. The smallest absolute Gasteiger partial charge is 0.152 e. The molecule has 0 spiro atoms. The van der Waals surface area contributed by atoms with Crippen molar-refractivity contribution in [3.63, 3.8) is 0 Å². The SMILES string of the molecule is CCCCCCC(CCCC)C(O)(P)CCCCCC.CC[P+](C)(C)C.CC[P+](C)(C)C.O=NO.O=NO.O=NO.O=NO.O=NO.O=NO.[Cu]. The van der Waals surface area contributed by atoms with Crippen molar-refractivity contribution in [1.82, 2.24) is 0 Å². The van der Waals surface area contributed by atoms with Gasteiger partial charge < -0.3 is 36.4 Å². The average Bonchev–Trinajstić information content (AvgIpc) is 3.01. The van der Waals surface area contributed by atoms with Crippen LogP contribution >= 0.6 is 23.8 Å². The summed E-state index contributed by atoms with van der Waals surface area (Å²) in [5.41, 5.74) is 0. The van der Waals surface area contributed by atoms with Crippen LogP contribution in [-0.2, 0) is 17.1 Å². The number of rotatable bonds is 16. The van der Waals surface area contributed by atoms with Crippen molar-refractivity contribution >= 4 is 23.8 Å². The summed E-state index contributed by atoms with van der Waals surface area (Å²) < 4.78 is 0. The molecule has 0 saturated carbocycles. The van der Waals surface area contributed by atoms with Crippen LogP contribution in [0.15, 0.2) is 32.0 Å². The van der Waals surface area contributed by atoms with Crippen LogP contribution in [0.3, 0.4) is 0 Å². The molecule has 0 amide bonds. The summed E-state index contributed by atoms with van der Waals surface area (Å²) in [4.78, 5) is 48.7. The number of hydrogen-bond acceptors (Lipinski definition) is 13. The van der Waals surface area contributed by atoms with Crippen LogP contribution in [0.5, 0.6) is 0 Å². The van der Waals surface area contributed by atoms with Crippen LogP contribution in [0, 0.1) is 35.4 Å². The van der Waals surface area contributed by atoms with Crippen molar-refractivity contribution in [3.8, 4) is 0 Å². The predicted molar refractivity (Wildman–Crippen MR) is 211 cm³/mol. The van der Waals surface area contributed by atoms with E-state index >= 15 is 0 Å². The number of hydrogen-bond donors (Lipinski definition) is 7. The molecule has 0 bridgehead atoms. The molecule has 0 aliphatic heterocycles. The van der Waals surface area contributed by atoms with E-state index in [1.165, 1.54) is 121 Å². The fourth-order valence-corrected chi connectivity index (χ4v) is 3.49. The van der Waals surface area contributed by atoms with E-state index in [2.05, 4.69) is 83.8 Å². The first-order chi connectivity index (χ1) is 23.2. The van der Waals surface area contributed by atoms with Gasteiger partial charge in [0.1, 0.15) is 0 Å². The molecule has 0 heterocycles. The molecule has 0 saturated heterocycles. The maximum Gasteiger partial charge on any atom is 0.152 e. The second-order valence-electron chi connectivity index (χ2n) is 12.2. The fourth-order valence-electron chi connectivity index (χ4n) is 2.95. The van der Waals surface area contributed by atoms with Gasteiger partial charge in [-0.2, -0.15) is 0 Å². The van der Waals surface area contributed by atoms with Gasteiger partial charge in [0, 0.05) is 71.6 Å². The summed E-state index contributed by atoms with van der Waals surface area (Å²) in [6.07, 6.45) is 18.9. The largest absolute Gasteiger partial charge is 0.386 e. The zero-order chi connectivity index (χ0) is 41.9. The van der Waals surface area contributed by atoms with Crippen LogP contribution in [0.1, 0.15) is 118 Å². The van der Waals surface area contributed by atoms with Crippen LogP contribution < -0.4 is 0 Å². The van der Waals surface area contributed by atoms with E-state index in [9.17, 15) is 5.11 Å². The monoisotopic (exact) mass is 857 g/mol. The Balaban J connectivity index is -0.0000000556. The second kappa shape index (κ2) is 66.4. The van der Waals surface area contributed by atoms with Gasteiger partial charge in [0.25, 0.3) is 0 Å². The van der Waals surface area contributed by atoms with Gasteiger partial charge in [0.05, 0.1) is 17.7 Å². The van der Waals surface area contributed by atoms with Crippen molar-refractivity contribution in [1.29, 1.82) is 0 Å². The first-order valence-electron chi connectivity index (χ1n) is 16.1. The van der Waals surface area contributed by atoms with Crippen LogP contribution in [0.25, 0.3) is 0 Å². The van der Waals surface area contributed by atoms with E-state index < -0.39 is 19.9 Å². The molecule has 0 fully saturated rings. The minimum Gasteiger partial charge on any atom is -0.386 e. The molecule has 0 aromatic rings. The molecule has 51 heavy (non-hydrogen) atoms. The molecular formula is C28H73CuN6O13P3+2. The van der Waals surface area contributed by atoms with Gasteiger partial charge in [0.15, 0.2) is 32.0 Å². The Morgan fingerprint density at radius 3 is 0.922 bits per heavy atom. The van der Waals surface area contributed by atoms with Gasteiger partial charge in [-0.25, -0.2) is 0 Å². The first kappa shape index (κ1) is 74.4. The Morgan fingerprint density at radius 2 is 0.706 bits per heavy atom. The van der Waals surface area contributed by atoms with Crippen LogP contribution in [0.4, 0.5) is 0 Å². The third-order valence-electron chi connectivity index (χ3n) is 6.35. The first-order valence-corrected chi connectivity index (χ1v) is 23.3. The molecule has 3 unspecified atom stereocenters. The van der Waals surface area contributed by atoms with Crippen molar-refractivity contribution in [2.75, 3.05) is 52.3 Å². The summed E-state index contributed by atoms with van der Waals surface area (Å²) in [7, 11) is 2.00. The molecule has 7 N–H and O–H groups in total. The van der Waals surface area contributed by atoms with Gasteiger partial charge in [-0.05, 0) is 39.0 Å². The Bertz CT molecular complexity index is 612. The predicted octanol–water partition coefficient (Wildman–Crippen LogP) is 11.0. The van der Waals surface area contributed by atoms with Gasteiger partial charge in [-0.3, -0.25) is 0 Å². The minimum absolute atomic E-state index is 0. The Morgan fingerprint density at radius 1 is 0.490 bits per heavy atom. The van der Waals surface area contributed by atoms with Crippen LogP contribution in [-0.4, -0.2) is 94.0 Å². The molecule has 0 aromatic heterocycles. The van der Waals surface area contributed by atoms with Gasteiger partial charge in [-0.1, -0.05) is 85.0 Å². The Kier molecular flexibility index (Phi) is 96.8. The molecule has 19 nitrogen and oxygen atoms in total. The number of unbranched alkanes of at least 4 members (excludes halogenated alkanes) is 7. The van der Waals surface area contributed by atoms with E-state index in [0.717, 1.165) is 6.42 Å². The van der Waals surface area contributed by atoms with Crippen molar-refractivity contribution in [2.24, 2.45) is 38.0 Å². The summed E-state index contributed by atoms with van der Waals surface area (Å²) in [5.74, 6) is 0.478. The van der Waals surface area contributed by atoms with Crippen molar-refractivity contribution < 1.29 is 53.4 Å². The van der Waals surface area contributed by atoms with E-state index in [0.29, 0.717) is 5.92 Å². The third kappa shape index (κ3) is 139. The van der Waals surface area contributed by atoms with E-state index in [1.54, 1.807) is 0 Å².